The van der Waals surface area contributed by atoms with Gasteiger partial charge in [-0.2, -0.15) is 9.78 Å². The molecule has 0 aliphatic carbocycles. The molecule has 3 aromatic carbocycles. The zero-order valence-corrected chi connectivity index (χ0v) is 21.4. The van der Waals surface area contributed by atoms with Gasteiger partial charge in [0.1, 0.15) is 0 Å². The minimum atomic E-state index is -4.07. The van der Waals surface area contributed by atoms with Gasteiger partial charge in [0.2, 0.25) is 15.7 Å². The van der Waals surface area contributed by atoms with E-state index in [9.17, 15) is 13.2 Å². The van der Waals surface area contributed by atoms with Gasteiger partial charge >= 0.3 is 5.97 Å². The highest BCUT2D eigenvalue weighted by molar-refractivity contribution is 7.91. The summed E-state index contributed by atoms with van der Waals surface area (Å²) in [6.45, 7) is 5.41. The maximum absolute atomic E-state index is 13.7. The van der Waals surface area contributed by atoms with Crippen LogP contribution >= 0.6 is 0 Å². The molecule has 186 valence electrons. The fraction of sp³-hybridized carbons (Fsp3) is 0.185. The van der Waals surface area contributed by atoms with Crippen molar-refractivity contribution in [1.29, 1.82) is 0 Å². The van der Waals surface area contributed by atoms with Crippen LogP contribution in [0.25, 0.3) is 5.69 Å². The number of benzene rings is 3. The topological polar surface area (TPSA) is 96.7 Å². The molecule has 0 unspecified atom stereocenters. The Hall–Kier alpha value is -4.11. The molecule has 0 spiro atoms. The normalized spacial score (nSPS) is 11.2. The molecule has 0 atom stereocenters. The number of sulfone groups is 1. The van der Waals surface area contributed by atoms with E-state index < -0.39 is 15.8 Å². The molecule has 0 saturated heterocycles. The van der Waals surface area contributed by atoms with Gasteiger partial charge in [-0.1, -0.05) is 35.9 Å². The third kappa shape index (κ3) is 4.57. The van der Waals surface area contributed by atoms with Crippen LogP contribution in [0, 0.1) is 20.8 Å². The van der Waals surface area contributed by atoms with E-state index in [-0.39, 0.29) is 26.9 Å². The van der Waals surface area contributed by atoms with Crippen molar-refractivity contribution in [3.63, 3.8) is 0 Å². The van der Waals surface area contributed by atoms with Crippen molar-refractivity contribution in [3.05, 3.63) is 89.1 Å². The standard InChI is InChI=1S/C27H26N2O6S/c1-17-11-13-22(18(2)15-17)29-26(35-27(30)20-12-14-23(33-4)24(16-20)34-5)25(19(3)28-29)36(31,32)21-9-7-6-8-10-21/h6-16H,1-5H3. The number of hydrogen-bond acceptors (Lipinski definition) is 7. The van der Waals surface area contributed by atoms with Crippen molar-refractivity contribution in [2.75, 3.05) is 14.2 Å². The Balaban J connectivity index is 1.90. The number of ether oxygens (including phenoxy) is 3. The van der Waals surface area contributed by atoms with Gasteiger partial charge in [-0.05, 0) is 62.7 Å². The van der Waals surface area contributed by atoms with E-state index in [0.717, 1.165) is 11.1 Å². The lowest BCUT2D eigenvalue weighted by Gasteiger charge is -2.14. The highest BCUT2D eigenvalue weighted by Crippen LogP contribution is 2.36. The van der Waals surface area contributed by atoms with Crippen LogP contribution in [0.5, 0.6) is 17.4 Å². The van der Waals surface area contributed by atoms with Gasteiger partial charge in [0.05, 0.1) is 36.1 Å². The molecule has 0 saturated carbocycles. The lowest BCUT2D eigenvalue weighted by molar-refractivity contribution is 0.0717. The average Bonchev–Trinajstić information content (AvgIpc) is 3.19. The minimum absolute atomic E-state index is 0.0664. The van der Waals surface area contributed by atoms with E-state index in [1.807, 2.05) is 32.0 Å². The molecule has 4 rings (SSSR count). The number of esters is 1. The van der Waals surface area contributed by atoms with Gasteiger partial charge in [0.25, 0.3) is 0 Å². The molecule has 0 amide bonds. The number of carbonyl (C=O) groups excluding carboxylic acids is 1. The fourth-order valence-electron chi connectivity index (χ4n) is 3.92. The monoisotopic (exact) mass is 506 g/mol. The molecule has 1 aromatic heterocycles. The molecule has 1 heterocycles. The zero-order chi connectivity index (χ0) is 26.0. The third-order valence-electron chi connectivity index (χ3n) is 5.68. The van der Waals surface area contributed by atoms with Gasteiger partial charge in [0, 0.05) is 0 Å². The Morgan fingerprint density at radius 2 is 1.56 bits per heavy atom. The highest BCUT2D eigenvalue weighted by atomic mass is 32.2. The summed E-state index contributed by atoms with van der Waals surface area (Å²) >= 11 is 0. The number of aromatic nitrogens is 2. The van der Waals surface area contributed by atoms with Gasteiger partial charge in [-0.25, -0.2) is 13.2 Å². The Labute approximate surface area is 210 Å². The first-order valence-corrected chi connectivity index (χ1v) is 12.6. The van der Waals surface area contributed by atoms with Crippen LogP contribution in [0.1, 0.15) is 27.2 Å². The molecule has 36 heavy (non-hydrogen) atoms. The Morgan fingerprint density at radius 1 is 0.861 bits per heavy atom. The summed E-state index contributed by atoms with van der Waals surface area (Å²) < 4.78 is 45.0. The number of rotatable bonds is 7. The number of carbonyl (C=O) groups is 1. The predicted octanol–water partition coefficient (Wildman–Crippen LogP) is 4.87. The maximum atomic E-state index is 13.7. The first kappa shape index (κ1) is 25.0. The average molecular weight is 507 g/mol. The van der Waals surface area contributed by atoms with Crippen molar-refractivity contribution in [2.24, 2.45) is 0 Å². The van der Waals surface area contributed by atoms with Crippen LogP contribution in [-0.2, 0) is 9.84 Å². The summed E-state index contributed by atoms with van der Waals surface area (Å²) in [5.41, 5.74) is 2.81. The Bertz CT molecular complexity index is 1540. The quantitative estimate of drug-likeness (QED) is 0.330. The van der Waals surface area contributed by atoms with Crippen molar-refractivity contribution in [1.82, 2.24) is 9.78 Å². The second kappa shape index (κ2) is 9.87. The number of methoxy groups -OCH3 is 2. The summed E-state index contributed by atoms with van der Waals surface area (Å²) in [5.74, 6) is -0.185. The van der Waals surface area contributed by atoms with E-state index in [2.05, 4.69) is 5.10 Å². The molecular formula is C27H26N2O6S. The first-order valence-electron chi connectivity index (χ1n) is 11.1. The Kier molecular flexibility index (Phi) is 6.85. The predicted molar refractivity (Wildman–Crippen MR) is 134 cm³/mol. The fourth-order valence-corrected chi connectivity index (χ4v) is 5.46. The van der Waals surface area contributed by atoms with Gasteiger partial charge < -0.3 is 14.2 Å². The Morgan fingerprint density at radius 3 is 2.19 bits per heavy atom. The van der Waals surface area contributed by atoms with Crippen molar-refractivity contribution >= 4 is 15.8 Å². The zero-order valence-electron chi connectivity index (χ0n) is 20.6. The smallest absolute Gasteiger partial charge is 0.345 e. The highest BCUT2D eigenvalue weighted by Gasteiger charge is 2.32. The van der Waals surface area contributed by atoms with Crippen LogP contribution < -0.4 is 14.2 Å². The van der Waals surface area contributed by atoms with Gasteiger partial charge in [0.15, 0.2) is 16.4 Å². The summed E-state index contributed by atoms with van der Waals surface area (Å²) in [7, 11) is -1.12. The molecule has 9 heteroatoms. The molecular weight excluding hydrogens is 480 g/mol. The third-order valence-corrected chi connectivity index (χ3v) is 7.58. The van der Waals surface area contributed by atoms with Crippen molar-refractivity contribution in [2.45, 2.75) is 30.6 Å². The number of aryl methyl sites for hydroxylation is 3. The van der Waals surface area contributed by atoms with Crippen LogP contribution in [0.2, 0.25) is 0 Å². The van der Waals surface area contributed by atoms with Crippen molar-refractivity contribution < 1.29 is 27.4 Å². The summed E-state index contributed by atoms with van der Waals surface area (Å²) in [5, 5.41) is 4.49. The maximum Gasteiger partial charge on any atom is 0.345 e. The molecule has 0 fully saturated rings. The molecule has 4 aromatic rings. The number of hydrogen-bond donors (Lipinski definition) is 0. The molecule has 0 N–H and O–H groups in total. The van der Waals surface area contributed by atoms with Crippen LogP contribution in [0.3, 0.4) is 0 Å². The molecule has 0 radical (unpaired) electrons. The van der Waals surface area contributed by atoms with Gasteiger partial charge in [-0.15, -0.1) is 0 Å². The van der Waals surface area contributed by atoms with Crippen LogP contribution in [-0.4, -0.2) is 38.4 Å². The van der Waals surface area contributed by atoms with Crippen LogP contribution in [0.4, 0.5) is 0 Å². The largest absolute Gasteiger partial charge is 0.493 e. The molecule has 0 aliphatic heterocycles. The van der Waals surface area contributed by atoms with E-state index in [4.69, 9.17) is 14.2 Å². The van der Waals surface area contributed by atoms with E-state index in [0.29, 0.717) is 17.2 Å². The van der Waals surface area contributed by atoms with E-state index in [1.54, 1.807) is 31.2 Å². The van der Waals surface area contributed by atoms with Crippen LogP contribution in [0.15, 0.2) is 76.5 Å². The summed E-state index contributed by atoms with van der Waals surface area (Å²) in [6.07, 6.45) is 0. The lowest BCUT2D eigenvalue weighted by Crippen LogP contribution is -2.15. The second-order valence-corrected chi connectivity index (χ2v) is 10.1. The minimum Gasteiger partial charge on any atom is -0.493 e. The molecule has 0 aliphatic rings. The molecule has 0 bridgehead atoms. The van der Waals surface area contributed by atoms with E-state index in [1.165, 1.54) is 43.2 Å². The van der Waals surface area contributed by atoms with Crippen molar-refractivity contribution in [3.8, 4) is 23.1 Å². The van der Waals surface area contributed by atoms with E-state index >= 15 is 0 Å². The lowest BCUT2D eigenvalue weighted by atomic mass is 10.1. The molecule has 8 nitrogen and oxygen atoms in total. The number of nitrogens with zero attached hydrogens (tertiary/aromatic N) is 2. The summed E-state index contributed by atoms with van der Waals surface area (Å²) in [4.78, 5) is 13.2. The SMILES string of the molecule is COc1ccc(C(=O)Oc2c(S(=O)(=O)c3ccccc3)c(C)nn2-c2ccc(C)cc2C)cc1OC. The summed E-state index contributed by atoms with van der Waals surface area (Å²) in [6, 6.07) is 18.2. The first-order chi connectivity index (χ1) is 17.2. The second-order valence-electron chi connectivity index (χ2n) is 8.20. The van der Waals surface area contributed by atoms with Gasteiger partial charge in [-0.3, -0.25) is 0 Å².